The number of anilines is 1. The molecule has 12 nitrogen and oxygen atoms in total. The first kappa shape index (κ1) is 28.3. The van der Waals surface area contributed by atoms with Gasteiger partial charge in [0.25, 0.3) is 0 Å². The highest BCUT2D eigenvalue weighted by molar-refractivity contribution is 6.02. The Labute approximate surface area is 248 Å². The van der Waals surface area contributed by atoms with Gasteiger partial charge in [0, 0.05) is 13.1 Å². The number of carboxylic acid groups (broad SMARTS) is 1. The van der Waals surface area contributed by atoms with Crippen LogP contribution in [0.3, 0.4) is 0 Å². The Morgan fingerprint density at radius 2 is 1.70 bits per heavy atom. The summed E-state index contributed by atoms with van der Waals surface area (Å²) in [6.07, 6.45) is 3.18. The minimum absolute atomic E-state index is 0.152. The van der Waals surface area contributed by atoms with E-state index in [1.54, 1.807) is 11.1 Å². The minimum atomic E-state index is -1.11. The van der Waals surface area contributed by atoms with Crippen LogP contribution in [0.2, 0.25) is 0 Å². The monoisotopic (exact) mass is 586 g/mol. The van der Waals surface area contributed by atoms with Crippen molar-refractivity contribution in [2.24, 2.45) is 0 Å². The maximum Gasteiger partial charge on any atom is 0.410 e. The Morgan fingerprint density at radius 1 is 1.00 bits per heavy atom. The van der Waals surface area contributed by atoms with Crippen LogP contribution < -0.4 is 5.32 Å². The van der Waals surface area contributed by atoms with Crippen molar-refractivity contribution in [2.45, 2.75) is 64.1 Å². The second kappa shape index (κ2) is 11.1. The van der Waals surface area contributed by atoms with Crippen molar-refractivity contribution < 1.29 is 28.8 Å². The number of hydrogen-bond donors (Lipinski definition) is 3. The highest BCUT2D eigenvalue weighted by Crippen LogP contribution is 2.34. The lowest BCUT2D eigenvalue weighted by Gasteiger charge is -2.27. The number of hydrogen-bond acceptors (Lipinski definition) is 7. The van der Waals surface area contributed by atoms with Gasteiger partial charge in [-0.2, -0.15) is 0 Å². The van der Waals surface area contributed by atoms with Crippen LogP contribution in [0.5, 0.6) is 0 Å². The summed E-state index contributed by atoms with van der Waals surface area (Å²) in [4.78, 5) is 47.8. The van der Waals surface area contributed by atoms with Gasteiger partial charge in [-0.15, -0.1) is 0 Å². The predicted molar refractivity (Wildman–Crippen MR) is 158 cm³/mol. The fraction of sp³-hybridized carbons (Fsp3) is 0.387. The molecule has 2 aromatic heterocycles. The van der Waals surface area contributed by atoms with E-state index in [0.29, 0.717) is 36.9 Å². The second-order valence-corrected chi connectivity index (χ2v) is 12.0. The molecule has 2 saturated heterocycles. The topological polar surface area (TPSA) is 154 Å². The number of carbonyl (C=O) groups is 3. The molecule has 0 saturated carbocycles. The minimum Gasteiger partial charge on any atom is -0.465 e. The van der Waals surface area contributed by atoms with E-state index in [0.717, 1.165) is 46.0 Å². The van der Waals surface area contributed by atoms with E-state index >= 15 is 0 Å². The van der Waals surface area contributed by atoms with Gasteiger partial charge in [0.15, 0.2) is 11.4 Å². The maximum absolute atomic E-state index is 12.8. The molecule has 12 heteroatoms. The number of ether oxygens (including phenoxy) is 1. The van der Waals surface area contributed by atoms with E-state index in [9.17, 15) is 19.5 Å². The number of benzene rings is 2. The van der Waals surface area contributed by atoms with E-state index in [1.165, 1.54) is 0 Å². The summed E-state index contributed by atoms with van der Waals surface area (Å²) >= 11 is 0. The van der Waals surface area contributed by atoms with Crippen molar-refractivity contribution in [3.05, 3.63) is 54.5 Å². The average molecular weight is 587 g/mol. The molecule has 3 amide bonds. The van der Waals surface area contributed by atoms with Gasteiger partial charge < -0.3 is 24.7 Å². The Kier molecular flexibility index (Phi) is 7.28. The summed E-state index contributed by atoms with van der Waals surface area (Å²) in [5.74, 6) is 0.591. The van der Waals surface area contributed by atoms with Gasteiger partial charge in [-0.05, 0) is 75.3 Å². The van der Waals surface area contributed by atoms with Crippen LogP contribution in [-0.4, -0.2) is 72.9 Å². The summed E-state index contributed by atoms with van der Waals surface area (Å²) in [7, 11) is 0. The first-order chi connectivity index (χ1) is 20.6. The zero-order valence-electron chi connectivity index (χ0n) is 24.3. The van der Waals surface area contributed by atoms with E-state index < -0.39 is 23.6 Å². The Hall–Kier alpha value is -4.87. The highest BCUT2D eigenvalue weighted by Gasteiger charge is 2.36. The molecule has 2 atom stereocenters. The molecule has 3 N–H and O–H groups in total. The number of amides is 3. The number of imidazole rings is 1. The number of aromatic amines is 1. The number of likely N-dealkylation sites (tertiary alicyclic amines) is 2. The Balaban J connectivity index is 1.15. The van der Waals surface area contributed by atoms with Gasteiger partial charge in [0.05, 0.1) is 23.3 Å². The zero-order chi connectivity index (χ0) is 30.3. The number of nitrogens with one attached hydrogen (secondary N) is 2. The molecule has 2 fully saturated rings. The molecule has 2 aromatic carbocycles. The van der Waals surface area contributed by atoms with Gasteiger partial charge in [-0.3, -0.25) is 14.6 Å². The lowest BCUT2D eigenvalue weighted by Crippen LogP contribution is -2.42. The van der Waals surface area contributed by atoms with Gasteiger partial charge in [0.2, 0.25) is 5.91 Å². The van der Waals surface area contributed by atoms with Crippen molar-refractivity contribution >= 4 is 34.9 Å². The average Bonchev–Trinajstić information content (AvgIpc) is 3.78. The number of H-pyrrole nitrogens is 1. The van der Waals surface area contributed by atoms with Crippen molar-refractivity contribution in [1.29, 1.82) is 0 Å². The number of fused-ring (bicyclic) bond motifs is 1. The predicted octanol–water partition coefficient (Wildman–Crippen LogP) is 6.04. The molecule has 4 aromatic rings. The molecule has 6 rings (SSSR count). The van der Waals surface area contributed by atoms with Gasteiger partial charge in [-0.25, -0.2) is 14.6 Å². The Bertz CT molecular complexity index is 1670. The SMILES string of the molecule is CC(C)(C)OC(=O)N1CCCC1c1ncc(-c2ccc(-c3ccc4c(NC(=O)C5CCCN5C(=O)O)noc4c3)cc2)[nH]1. The number of carbonyl (C=O) groups excluding carboxylic acids is 2. The summed E-state index contributed by atoms with van der Waals surface area (Å²) in [5.41, 5.74) is 3.62. The van der Waals surface area contributed by atoms with Crippen LogP contribution in [0.25, 0.3) is 33.4 Å². The van der Waals surface area contributed by atoms with Crippen LogP contribution in [-0.2, 0) is 9.53 Å². The third-order valence-corrected chi connectivity index (χ3v) is 7.84. The summed E-state index contributed by atoms with van der Waals surface area (Å²) in [6, 6.07) is 12.7. The molecule has 224 valence electrons. The smallest absolute Gasteiger partial charge is 0.410 e. The lowest BCUT2D eigenvalue weighted by molar-refractivity contribution is -0.119. The molecule has 0 spiro atoms. The number of aromatic nitrogens is 3. The number of nitrogens with zero attached hydrogens (tertiary/aromatic N) is 4. The molecular weight excluding hydrogens is 552 g/mol. The quantitative estimate of drug-likeness (QED) is 0.256. The fourth-order valence-electron chi connectivity index (χ4n) is 5.76. The molecule has 2 aliphatic heterocycles. The van der Waals surface area contributed by atoms with Crippen molar-refractivity contribution in [3.63, 3.8) is 0 Å². The van der Waals surface area contributed by atoms with Crippen LogP contribution in [0, 0.1) is 0 Å². The molecule has 0 aliphatic carbocycles. The van der Waals surface area contributed by atoms with Gasteiger partial charge >= 0.3 is 12.2 Å². The number of rotatable bonds is 5. The molecule has 0 radical (unpaired) electrons. The van der Waals surface area contributed by atoms with E-state index in [4.69, 9.17) is 9.26 Å². The van der Waals surface area contributed by atoms with Crippen LogP contribution >= 0.6 is 0 Å². The lowest BCUT2D eigenvalue weighted by atomic mass is 10.0. The van der Waals surface area contributed by atoms with Crippen LogP contribution in [0.15, 0.2) is 53.2 Å². The molecular formula is C31H34N6O6. The fourth-order valence-corrected chi connectivity index (χ4v) is 5.76. The highest BCUT2D eigenvalue weighted by atomic mass is 16.6. The van der Waals surface area contributed by atoms with Crippen molar-refractivity contribution in [3.8, 4) is 22.4 Å². The first-order valence-corrected chi connectivity index (χ1v) is 14.4. The molecule has 2 aliphatic rings. The standard InChI is InChI=1S/C31H34N6O6/c1-31(2,3)42-30(41)37-15-4-6-23(37)27-32-17-22(33-27)19-10-8-18(9-11-19)20-12-13-21-25(16-20)43-35-26(21)34-28(38)24-7-5-14-36(24)29(39)40/h8-13,16-17,23-24H,4-7,14-15H2,1-3H3,(H,32,33)(H,39,40)(H,34,35,38). The van der Waals surface area contributed by atoms with E-state index in [1.807, 2.05) is 63.2 Å². The molecule has 4 heterocycles. The van der Waals surface area contributed by atoms with Crippen molar-refractivity contribution in [2.75, 3.05) is 18.4 Å². The third kappa shape index (κ3) is 5.77. The zero-order valence-corrected chi connectivity index (χ0v) is 24.3. The summed E-state index contributed by atoms with van der Waals surface area (Å²) in [6.45, 7) is 6.56. The molecule has 0 bridgehead atoms. The van der Waals surface area contributed by atoms with Gasteiger partial charge in [-0.1, -0.05) is 35.5 Å². The first-order valence-electron chi connectivity index (χ1n) is 14.4. The normalized spacial score (nSPS) is 18.8. The molecule has 2 unspecified atom stereocenters. The largest absolute Gasteiger partial charge is 0.465 e. The second-order valence-electron chi connectivity index (χ2n) is 12.0. The Morgan fingerprint density at radius 3 is 2.44 bits per heavy atom. The summed E-state index contributed by atoms with van der Waals surface area (Å²) < 4.78 is 11.1. The third-order valence-electron chi connectivity index (χ3n) is 7.84. The van der Waals surface area contributed by atoms with Gasteiger partial charge in [0.1, 0.15) is 17.5 Å². The van der Waals surface area contributed by atoms with Crippen LogP contribution in [0.1, 0.15) is 58.3 Å². The van der Waals surface area contributed by atoms with Crippen molar-refractivity contribution in [1.82, 2.24) is 24.9 Å². The van der Waals surface area contributed by atoms with E-state index in [-0.39, 0.29) is 18.0 Å². The van der Waals surface area contributed by atoms with E-state index in [2.05, 4.69) is 20.4 Å². The maximum atomic E-state index is 12.8. The molecule has 43 heavy (non-hydrogen) atoms. The summed E-state index contributed by atoms with van der Waals surface area (Å²) in [5, 5.41) is 16.7. The van der Waals surface area contributed by atoms with Crippen LogP contribution in [0.4, 0.5) is 15.4 Å².